The van der Waals surface area contributed by atoms with Crippen molar-refractivity contribution >= 4 is 11.8 Å². The number of alkyl carbamates (subject to hydrolysis) is 1. The van der Waals surface area contributed by atoms with E-state index >= 15 is 0 Å². The molecule has 1 aromatic rings. The van der Waals surface area contributed by atoms with Crippen molar-refractivity contribution < 1.29 is 18.3 Å². The standard InChI is InChI=1S/C16H22F2N2O2/c1-16(2,3)22-15(21)20-12-6-5-11(9-12)19-14-8-10(17)4-7-13(14)18/h4,7-8,11-12,19H,5-6,9H2,1-3H3,(H,20,21). The zero-order valence-corrected chi connectivity index (χ0v) is 13.1. The van der Waals surface area contributed by atoms with Crippen molar-refractivity contribution in [2.75, 3.05) is 5.32 Å². The zero-order chi connectivity index (χ0) is 16.3. The number of hydrogen-bond acceptors (Lipinski definition) is 3. The normalized spacial score (nSPS) is 21.5. The first-order valence-electron chi connectivity index (χ1n) is 7.44. The van der Waals surface area contributed by atoms with Gasteiger partial charge in [0.05, 0.1) is 5.69 Å². The molecule has 0 aromatic heterocycles. The summed E-state index contributed by atoms with van der Waals surface area (Å²) in [6, 6.07) is 3.30. The SMILES string of the molecule is CC(C)(C)OC(=O)NC1CCC(Nc2cc(F)ccc2F)C1. The maximum atomic E-state index is 13.6. The number of ether oxygens (including phenoxy) is 1. The molecule has 122 valence electrons. The molecular weight excluding hydrogens is 290 g/mol. The lowest BCUT2D eigenvalue weighted by Gasteiger charge is -2.22. The van der Waals surface area contributed by atoms with Gasteiger partial charge in [-0.1, -0.05) is 0 Å². The van der Waals surface area contributed by atoms with Crippen LogP contribution < -0.4 is 10.6 Å². The Hall–Kier alpha value is -1.85. The van der Waals surface area contributed by atoms with Gasteiger partial charge in [-0.05, 0) is 58.2 Å². The number of anilines is 1. The molecule has 6 heteroatoms. The highest BCUT2D eigenvalue weighted by Crippen LogP contribution is 2.25. The highest BCUT2D eigenvalue weighted by molar-refractivity contribution is 5.68. The van der Waals surface area contributed by atoms with Crippen LogP contribution in [0.3, 0.4) is 0 Å². The fourth-order valence-electron chi connectivity index (χ4n) is 2.55. The summed E-state index contributed by atoms with van der Waals surface area (Å²) in [7, 11) is 0. The third-order valence-corrected chi connectivity index (χ3v) is 3.44. The van der Waals surface area contributed by atoms with Crippen LogP contribution in [-0.4, -0.2) is 23.8 Å². The van der Waals surface area contributed by atoms with Gasteiger partial charge in [-0.2, -0.15) is 0 Å². The van der Waals surface area contributed by atoms with Gasteiger partial charge < -0.3 is 15.4 Å². The smallest absolute Gasteiger partial charge is 0.407 e. The Kier molecular flexibility index (Phi) is 4.88. The number of rotatable bonds is 3. The van der Waals surface area contributed by atoms with Crippen molar-refractivity contribution in [1.82, 2.24) is 5.32 Å². The van der Waals surface area contributed by atoms with E-state index in [1.54, 1.807) is 20.8 Å². The van der Waals surface area contributed by atoms with Crippen LogP contribution in [0.25, 0.3) is 0 Å². The predicted molar refractivity (Wildman–Crippen MR) is 80.8 cm³/mol. The summed E-state index contributed by atoms with van der Waals surface area (Å²) in [4.78, 5) is 11.7. The van der Waals surface area contributed by atoms with Gasteiger partial charge in [0.25, 0.3) is 0 Å². The lowest BCUT2D eigenvalue weighted by molar-refractivity contribution is 0.0505. The monoisotopic (exact) mass is 312 g/mol. The Bertz CT molecular complexity index is 543. The molecule has 1 amide bonds. The first kappa shape index (κ1) is 16.5. The molecule has 1 aromatic carbocycles. The van der Waals surface area contributed by atoms with Gasteiger partial charge in [0, 0.05) is 12.1 Å². The second-order valence-corrected chi connectivity index (χ2v) is 6.62. The first-order valence-corrected chi connectivity index (χ1v) is 7.44. The van der Waals surface area contributed by atoms with Gasteiger partial charge in [0.1, 0.15) is 17.2 Å². The average molecular weight is 312 g/mol. The van der Waals surface area contributed by atoms with Gasteiger partial charge in [-0.25, -0.2) is 13.6 Å². The summed E-state index contributed by atoms with van der Waals surface area (Å²) in [5, 5.41) is 5.80. The minimum Gasteiger partial charge on any atom is -0.444 e. The number of hydrogen-bond donors (Lipinski definition) is 2. The summed E-state index contributed by atoms with van der Waals surface area (Å²) < 4.78 is 32.0. The second-order valence-electron chi connectivity index (χ2n) is 6.62. The number of carbonyl (C=O) groups excluding carboxylic acids is 1. The maximum Gasteiger partial charge on any atom is 0.407 e. The van der Waals surface area contributed by atoms with Crippen LogP contribution in [0, 0.1) is 11.6 Å². The van der Waals surface area contributed by atoms with Crippen LogP contribution in [0.5, 0.6) is 0 Å². The van der Waals surface area contributed by atoms with Crippen molar-refractivity contribution in [3.05, 3.63) is 29.8 Å². The molecule has 2 unspecified atom stereocenters. The molecule has 0 spiro atoms. The number of halogens is 2. The molecule has 0 heterocycles. The van der Waals surface area contributed by atoms with E-state index in [4.69, 9.17) is 4.74 Å². The quantitative estimate of drug-likeness (QED) is 0.892. The minimum absolute atomic E-state index is 0.00348. The van der Waals surface area contributed by atoms with E-state index in [0.29, 0.717) is 6.42 Å². The molecule has 2 N–H and O–H groups in total. The minimum atomic E-state index is -0.537. The van der Waals surface area contributed by atoms with Crippen molar-refractivity contribution in [2.24, 2.45) is 0 Å². The van der Waals surface area contributed by atoms with E-state index in [2.05, 4.69) is 10.6 Å². The predicted octanol–water partition coefficient (Wildman–Crippen LogP) is 3.82. The van der Waals surface area contributed by atoms with E-state index in [0.717, 1.165) is 31.0 Å². The van der Waals surface area contributed by atoms with Crippen LogP contribution in [0.1, 0.15) is 40.0 Å². The molecular formula is C16H22F2N2O2. The highest BCUT2D eigenvalue weighted by atomic mass is 19.1. The molecule has 1 aliphatic carbocycles. The van der Waals surface area contributed by atoms with Crippen LogP contribution in [0.15, 0.2) is 18.2 Å². The summed E-state index contributed by atoms with van der Waals surface area (Å²) in [6.45, 7) is 5.41. The topological polar surface area (TPSA) is 50.4 Å². The molecule has 1 saturated carbocycles. The van der Waals surface area contributed by atoms with Gasteiger partial charge in [-0.3, -0.25) is 0 Å². The van der Waals surface area contributed by atoms with Crippen LogP contribution in [0.4, 0.5) is 19.3 Å². The van der Waals surface area contributed by atoms with Crippen molar-refractivity contribution in [2.45, 2.75) is 57.7 Å². The maximum absolute atomic E-state index is 13.6. The third-order valence-electron chi connectivity index (χ3n) is 3.44. The van der Waals surface area contributed by atoms with Crippen molar-refractivity contribution in [3.63, 3.8) is 0 Å². The summed E-state index contributed by atoms with van der Waals surface area (Å²) in [5.74, 6) is -0.963. The molecule has 1 fully saturated rings. The molecule has 22 heavy (non-hydrogen) atoms. The zero-order valence-electron chi connectivity index (χ0n) is 13.1. The summed E-state index contributed by atoms with van der Waals surface area (Å²) in [5.41, 5.74) is -0.381. The molecule has 0 aliphatic heterocycles. The average Bonchev–Trinajstić information content (AvgIpc) is 2.78. The van der Waals surface area contributed by atoms with Gasteiger partial charge in [0.2, 0.25) is 0 Å². The van der Waals surface area contributed by atoms with Crippen LogP contribution in [0.2, 0.25) is 0 Å². The first-order chi connectivity index (χ1) is 10.2. The van der Waals surface area contributed by atoms with E-state index in [1.165, 1.54) is 0 Å². The summed E-state index contributed by atoms with van der Waals surface area (Å²) in [6.07, 6.45) is 1.74. The van der Waals surface area contributed by atoms with E-state index in [-0.39, 0.29) is 17.8 Å². The summed E-state index contributed by atoms with van der Waals surface area (Å²) >= 11 is 0. The van der Waals surface area contributed by atoms with E-state index in [1.807, 2.05) is 0 Å². The van der Waals surface area contributed by atoms with Crippen LogP contribution >= 0.6 is 0 Å². The van der Waals surface area contributed by atoms with E-state index < -0.39 is 23.3 Å². The Morgan fingerprint density at radius 2 is 1.91 bits per heavy atom. The second kappa shape index (κ2) is 6.50. The van der Waals surface area contributed by atoms with Gasteiger partial charge in [0.15, 0.2) is 0 Å². The van der Waals surface area contributed by atoms with Gasteiger partial charge in [-0.15, -0.1) is 0 Å². The Morgan fingerprint density at radius 3 is 2.59 bits per heavy atom. The van der Waals surface area contributed by atoms with Crippen molar-refractivity contribution in [1.29, 1.82) is 0 Å². The Balaban J connectivity index is 1.85. The number of amides is 1. The number of nitrogens with one attached hydrogen (secondary N) is 2. The Labute approximate surface area is 129 Å². The largest absolute Gasteiger partial charge is 0.444 e. The molecule has 4 nitrogen and oxygen atoms in total. The molecule has 0 radical (unpaired) electrons. The van der Waals surface area contributed by atoms with Crippen LogP contribution in [-0.2, 0) is 4.74 Å². The Morgan fingerprint density at radius 1 is 1.23 bits per heavy atom. The molecule has 1 aliphatic rings. The molecule has 2 atom stereocenters. The fourth-order valence-corrected chi connectivity index (χ4v) is 2.55. The van der Waals surface area contributed by atoms with Gasteiger partial charge >= 0.3 is 6.09 Å². The van der Waals surface area contributed by atoms with E-state index in [9.17, 15) is 13.6 Å². The lowest BCUT2D eigenvalue weighted by atomic mass is 10.2. The molecule has 0 saturated heterocycles. The fraction of sp³-hybridized carbons (Fsp3) is 0.562. The number of carbonyl (C=O) groups is 1. The third kappa shape index (κ3) is 4.86. The molecule has 0 bridgehead atoms. The highest BCUT2D eigenvalue weighted by Gasteiger charge is 2.28. The lowest BCUT2D eigenvalue weighted by Crippen LogP contribution is -2.38. The molecule has 2 rings (SSSR count). The van der Waals surface area contributed by atoms with Crippen molar-refractivity contribution in [3.8, 4) is 0 Å². The number of benzene rings is 1.